The largest absolute Gasteiger partial charge is 0.573 e. The van der Waals surface area contributed by atoms with Crippen LogP contribution >= 0.6 is 10.5 Å². The number of esters is 1. The molecule has 0 fully saturated rings. The van der Waals surface area contributed by atoms with Gasteiger partial charge in [-0.15, -0.1) is 13.2 Å². The molecule has 3 aromatic carbocycles. The van der Waals surface area contributed by atoms with Crippen LogP contribution in [0.25, 0.3) is 15.0 Å². The van der Waals surface area contributed by atoms with Gasteiger partial charge in [-0.1, -0.05) is 30.3 Å². The number of alkyl halides is 3. The lowest BCUT2D eigenvalue weighted by Crippen LogP contribution is -2.25. The van der Waals surface area contributed by atoms with Gasteiger partial charge >= 0.3 is 12.3 Å². The summed E-state index contributed by atoms with van der Waals surface area (Å²) in [6.45, 7) is 3.37. The highest BCUT2D eigenvalue weighted by atomic mass is 32.2. The number of rotatable bonds is 5. The van der Waals surface area contributed by atoms with Gasteiger partial charge in [0, 0.05) is 28.0 Å². The lowest BCUT2D eigenvalue weighted by Gasteiger charge is -2.26. The highest BCUT2D eigenvalue weighted by molar-refractivity contribution is 7.43. The maximum atomic E-state index is 12.9. The molecule has 0 saturated carbocycles. The van der Waals surface area contributed by atoms with Crippen LogP contribution in [0.4, 0.5) is 13.2 Å². The summed E-state index contributed by atoms with van der Waals surface area (Å²) < 4.78 is 47.9. The SMILES string of the molecule is CC(C)(OC(=O)c1cccc(-[s+]2ccc3ccccc32)c1)c1ccc(OC(F)(F)F)cc1. The fraction of sp³-hybridized carbons (Fsp3) is 0.160. The maximum absolute atomic E-state index is 12.9. The Bertz CT molecular complexity index is 1260. The Morgan fingerprint density at radius 2 is 1.59 bits per heavy atom. The van der Waals surface area contributed by atoms with E-state index in [0.29, 0.717) is 11.1 Å². The van der Waals surface area contributed by atoms with Crippen LogP contribution in [0.2, 0.25) is 0 Å². The molecule has 3 nitrogen and oxygen atoms in total. The Labute approximate surface area is 186 Å². The van der Waals surface area contributed by atoms with Crippen LogP contribution in [0.15, 0.2) is 84.2 Å². The Kier molecular flexibility index (Phi) is 5.69. The van der Waals surface area contributed by atoms with E-state index in [0.717, 1.165) is 4.90 Å². The number of ether oxygens (including phenoxy) is 2. The molecule has 1 heterocycles. The smallest absolute Gasteiger partial charge is 0.451 e. The van der Waals surface area contributed by atoms with Crippen LogP contribution in [0.1, 0.15) is 29.8 Å². The summed E-state index contributed by atoms with van der Waals surface area (Å²) in [4.78, 5) is 13.9. The van der Waals surface area contributed by atoms with E-state index in [1.165, 1.54) is 34.4 Å². The molecule has 0 radical (unpaired) electrons. The molecule has 0 aliphatic rings. The monoisotopic (exact) mass is 457 g/mol. The van der Waals surface area contributed by atoms with Crippen molar-refractivity contribution in [3.8, 4) is 10.6 Å². The summed E-state index contributed by atoms with van der Waals surface area (Å²) in [5.41, 5.74) is -0.0876. The van der Waals surface area contributed by atoms with E-state index in [-0.39, 0.29) is 16.2 Å². The minimum absolute atomic E-state index is 0.257. The number of carbonyl (C=O) groups is 1. The highest BCUT2D eigenvalue weighted by Crippen LogP contribution is 2.40. The molecule has 0 aliphatic heterocycles. The second kappa shape index (κ2) is 8.31. The number of carbonyl (C=O) groups excluding carboxylic acids is 1. The topological polar surface area (TPSA) is 35.5 Å². The predicted molar refractivity (Wildman–Crippen MR) is 119 cm³/mol. The number of benzene rings is 3. The minimum Gasteiger partial charge on any atom is -0.451 e. The summed E-state index contributed by atoms with van der Waals surface area (Å²) in [6.07, 6.45) is -4.76. The molecule has 7 heteroatoms. The molecule has 1 unspecified atom stereocenters. The number of thiophene rings is 1. The summed E-state index contributed by atoms with van der Waals surface area (Å²) >= 11 is 0. The zero-order valence-corrected chi connectivity index (χ0v) is 18.2. The second-order valence-corrected chi connectivity index (χ2v) is 9.54. The summed E-state index contributed by atoms with van der Waals surface area (Å²) in [5, 5.41) is 3.30. The molecular weight excluding hydrogens is 437 g/mol. The van der Waals surface area contributed by atoms with Gasteiger partial charge in [-0.2, -0.15) is 0 Å². The van der Waals surface area contributed by atoms with Crippen molar-refractivity contribution in [2.24, 2.45) is 0 Å². The zero-order chi connectivity index (χ0) is 22.9. The van der Waals surface area contributed by atoms with Crippen molar-refractivity contribution in [3.05, 3.63) is 95.4 Å². The van der Waals surface area contributed by atoms with E-state index < -0.39 is 17.9 Å². The molecule has 0 bridgehead atoms. The molecule has 0 amide bonds. The van der Waals surface area contributed by atoms with E-state index in [2.05, 4.69) is 28.3 Å². The van der Waals surface area contributed by atoms with Gasteiger partial charge < -0.3 is 9.47 Å². The Morgan fingerprint density at radius 3 is 2.31 bits per heavy atom. The van der Waals surface area contributed by atoms with Gasteiger partial charge in [0.25, 0.3) is 0 Å². The molecule has 164 valence electrons. The normalized spacial score (nSPS) is 12.6. The molecule has 4 aromatic rings. The van der Waals surface area contributed by atoms with Gasteiger partial charge in [-0.3, -0.25) is 0 Å². The Balaban J connectivity index is 1.54. The number of hydrogen-bond donors (Lipinski definition) is 0. The highest BCUT2D eigenvalue weighted by Gasteiger charge is 2.32. The quantitative estimate of drug-likeness (QED) is 0.229. The van der Waals surface area contributed by atoms with Crippen molar-refractivity contribution in [2.45, 2.75) is 25.8 Å². The van der Waals surface area contributed by atoms with Gasteiger partial charge in [0.2, 0.25) is 0 Å². The van der Waals surface area contributed by atoms with Crippen molar-refractivity contribution in [2.75, 3.05) is 0 Å². The van der Waals surface area contributed by atoms with Crippen LogP contribution in [0.3, 0.4) is 0 Å². The van der Waals surface area contributed by atoms with Crippen molar-refractivity contribution in [3.63, 3.8) is 0 Å². The van der Waals surface area contributed by atoms with E-state index in [4.69, 9.17) is 4.74 Å². The van der Waals surface area contributed by atoms with Crippen molar-refractivity contribution < 1.29 is 27.4 Å². The first-order valence-electron chi connectivity index (χ1n) is 9.82. The standard InChI is InChI=1S/C25H20F3O3S/c1-24(2,19-10-12-20(13-11-19)30-25(26,27)28)31-23(29)18-7-5-8-21(16-18)32-15-14-17-6-3-4-9-22(17)32/h3-16H,1-2H3/q+1. The fourth-order valence-electron chi connectivity index (χ4n) is 3.41. The third-order valence-electron chi connectivity index (χ3n) is 4.99. The van der Waals surface area contributed by atoms with Gasteiger partial charge in [-0.05, 0) is 55.8 Å². The van der Waals surface area contributed by atoms with Gasteiger partial charge in [-0.25, -0.2) is 4.79 Å². The number of fused-ring (bicyclic) bond motifs is 1. The van der Waals surface area contributed by atoms with Crippen LogP contribution in [-0.4, -0.2) is 12.3 Å². The Hall–Kier alpha value is -3.32. The predicted octanol–water partition coefficient (Wildman–Crippen LogP) is 7.57. The third-order valence-corrected chi connectivity index (χ3v) is 7.01. The van der Waals surface area contributed by atoms with Gasteiger partial charge in [0.05, 0.1) is 5.56 Å². The fourth-order valence-corrected chi connectivity index (χ4v) is 5.34. The van der Waals surface area contributed by atoms with Gasteiger partial charge in [0.1, 0.15) is 16.7 Å². The summed E-state index contributed by atoms with van der Waals surface area (Å²) in [7, 11) is -0.257. The molecule has 0 N–H and O–H groups in total. The van der Waals surface area contributed by atoms with Crippen molar-refractivity contribution in [1.82, 2.24) is 0 Å². The van der Waals surface area contributed by atoms with Gasteiger partial charge in [0.15, 0.2) is 9.60 Å². The lowest BCUT2D eigenvalue weighted by molar-refractivity contribution is -0.274. The van der Waals surface area contributed by atoms with E-state index in [9.17, 15) is 18.0 Å². The average molecular weight is 457 g/mol. The summed E-state index contributed by atoms with van der Waals surface area (Å²) in [6, 6.07) is 22.8. The molecule has 0 aliphatic carbocycles. The van der Waals surface area contributed by atoms with E-state index in [1.54, 1.807) is 19.9 Å². The zero-order valence-electron chi connectivity index (χ0n) is 17.3. The first-order valence-corrected chi connectivity index (χ1v) is 11.1. The van der Waals surface area contributed by atoms with Crippen molar-refractivity contribution in [1.29, 1.82) is 0 Å². The first kappa shape index (κ1) is 21.9. The van der Waals surface area contributed by atoms with Crippen LogP contribution < -0.4 is 4.74 Å². The van der Waals surface area contributed by atoms with E-state index >= 15 is 0 Å². The van der Waals surface area contributed by atoms with E-state index in [1.807, 2.05) is 30.3 Å². The minimum atomic E-state index is -4.76. The molecular formula is C25H20F3O3S+. The molecule has 1 atom stereocenters. The first-order chi connectivity index (χ1) is 15.1. The molecule has 0 spiro atoms. The van der Waals surface area contributed by atoms with Crippen LogP contribution in [0, 0.1) is 0 Å². The molecule has 1 aromatic heterocycles. The Morgan fingerprint density at radius 1 is 0.875 bits per heavy atom. The molecule has 4 rings (SSSR count). The second-order valence-electron chi connectivity index (χ2n) is 7.68. The summed E-state index contributed by atoms with van der Waals surface area (Å²) in [5.74, 6) is -0.838. The average Bonchev–Trinajstić information content (AvgIpc) is 3.17. The molecule has 0 saturated heterocycles. The van der Waals surface area contributed by atoms with Crippen LogP contribution in [0.5, 0.6) is 5.75 Å². The third kappa shape index (κ3) is 4.78. The maximum Gasteiger partial charge on any atom is 0.573 e. The lowest BCUT2D eigenvalue weighted by atomic mass is 9.98. The molecule has 32 heavy (non-hydrogen) atoms. The number of halogens is 3. The number of hydrogen-bond acceptors (Lipinski definition) is 3. The van der Waals surface area contributed by atoms with Crippen molar-refractivity contribution >= 4 is 26.5 Å². The van der Waals surface area contributed by atoms with Crippen LogP contribution in [-0.2, 0) is 10.3 Å².